The number of aliphatic hydroxyl groups excluding tert-OH is 2. The van der Waals surface area contributed by atoms with Crippen molar-refractivity contribution in [2.24, 2.45) is 11.5 Å². The van der Waals surface area contributed by atoms with Crippen LogP contribution in [0.15, 0.2) is 72.8 Å². The first-order chi connectivity index (χ1) is 18.4. The van der Waals surface area contributed by atoms with Gasteiger partial charge in [-0.15, -0.1) is 0 Å². The first kappa shape index (κ1) is 28.1. The molecule has 0 heterocycles. The molecule has 3 aromatic carbocycles. The van der Waals surface area contributed by atoms with Crippen molar-refractivity contribution >= 4 is 11.8 Å². The largest absolute Gasteiger partial charge is 0.376 e. The van der Waals surface area contributed by atoms with Crippen LogP contribution in [0.1, 0.15) is 45.6 Å². The highest BCUT2D eigenvalue weighted by atomic mass is 16.3. The quantitative estimate of drug-likeness (QED) is 0.252. The van der Waals surface area contributed by atoms with E-state index in [-0.39, 0.29) is 0 Å². The topological polar surface area (TPSA) is 151 Å². The van der Waals surface area contributed by atoms with E-state index >= 15 is 0 Å². The maximum absolute atomic E-state index is 12.1. The molecule has 0 aliphatic carbocycles. The van der Waals surface area contributed by atoms with E-state index in [4.69, 9.17) is 11.5 Å². The molecule has 0 bridgehead atoms. The smallest absolute Gasteiger partial charge is 0.296 e. The van der Waals surface area contributed by atoms with Gasteiger partial charge >= 0.3 is 0 Å². The molecule has 8 heteroatoms. The summed E-state index contributed by atoms with van der Waals surface area (Å²) in [4.78, 5) is 24.1. The Bertz CT molecular complexity index is 1260. The van der Waals surface area contributed by atoms with Gasteiger partial charge in [0, 0.05) is 26.2 Å². The molecule has 0 aliphatic heterocycles. The van der Waals surface area contributed by atoms with Crippen molar-refractivity contribution in [2.45, 2.75) is 38.4 Å². The number of aliphatic hydroxyl groups is 2. The molecule has 0 spiro atoms. The Morgan fingerprint density at radius 2 is 1.03 bits per heavy atom. The lowest BCUT2D eigenvalue weighted by molar-refractivity contribution is -0.116. The summed E-state index contributed by atoms with van der Waals surface area (Å²) in [5, 5.41) is 26.1. The van der Waals surface area contributed by atoms with Crippen LogP contribution in [-0.2, 0) is 35.8 Å². The molecular weight excluding hydrogens is 480 g/mol. The highest BCUT2D eigenvalue weighted by Crippen LogP contribution is 2.18. The van der Waals surface area contributed by atoms with Gasteiger partial charge in [-0.25, -0.2) is 0 Å². The molecule has 3 rings (SSSR count). The molecule has 2 unspecified atom stereocenters. The first-order valence-corrected chi connectivity index (χ1v) is 12.0. The Kier molecular flexibility index (Phi) is 10.6. The number of amides is 2. The van der Waals surface area contributed by atoms with Crippen LogP contribution in [0.25, 0.3) is 0 Å². The predicted octanol–water partition coefficient (Wildman–Crippen LogP) is 1.31. The Hall–Kier alpha value is -4.44. The van der Waals surface area contributed by atoms with E-state index in [1.54, 1.807) is 18.2 Å². The minimum absolute atomic E-state index is 0.295. The minimum atomic E-state index is -1.25. The van der Waals surface area contributed by atoms with Crippen molar-refractivity contribution in [3.05, 3.63) is 106 Å². The highest BCUT2D eigenvalue weighted by Gasteiger charge is 2.10. The predicted molar refractivity (Wildman–Crippen MR) is 144 cm³/mol. The number of hydrogen-bond acceptors (Lipinski definition) is 6. The molecule has 0 aliphatic rings. The summed E-state index contributed by atoms with van der Waals surface area (Å²) in [7, 11) is 0. The maximum Gasteiger partial charge on any atom is 0.296 e. The number of rotatable bonds is 8. The zero-order chi connectivity index (χ0) is 27.3. The van der Waals surface area contributed by atoms with E-state index in [2.05, 4.69) is 34.3 Å². The Balaban J connectivity index is 1.52. The van der Waals surface area contributed by atoms with Crippen LogP contribution in [0, 0.1) is 23.7 Å². The number of carbonyl (C=O) groups is 2. The Labute approximate surface area is 222 Å². The van der Waals surface area contributed by atoms with Gasteiger partial charge in [-0.1, -0.05) is 78.6 Å². The molecule has 3 aromatic rings. The summed E-state index contributed by atoms with van der Waals surface area (Å²) < 4.78 is 0. The minimum Gasteiger partial charge on any atom is -0.376 e. The third kappa shape index (κ3) is 8.90. The number of nitrogens with one attached hydrogen (secondary N) is 2. The van der Waals surface area contributed by atoms with Gasteiger partial charge in [-0.05, 0) is 51.3 Å². The molecule has 0 radical (unpaired) electrons. The van der Waals surface area contributed by atoms with Crippen molar-refractivity contribution < 1.29 is 19.8 Å². The van der Waals surface area contributed by atoms with Crippen molar-refractivity contribution in [3.63, 3.8) is 0 Å². The normalized spacial score (nSPS) is 11.7. The summed E-state index contributed by atoms with van der Waals surface area (Å²) in [6.07, 6.45) is -2.50. The molecule has 194 valence electrons. The lowest BCUT2D eigenvalue weighted by Crippen LogP contribution is -2.21. The third-order valence-electron chi connectivity index (χ3n) is 5.61. The summed E-state index contributed by atoms with van der Waals surface area (Å²) in [6.45, 7) is 1.48. The molecule has 0 fully saturated rings. The molecule has 2 atom stereocenters. The summed E-state index contributed by atoms with van der Waals surface area (Å²) >= 11 is 0. The third-order valence-corrected chi connectivity index (χ3v) is 5.61. The van der Waals surface area contributed by atoms with Crippen molar-refractivity contribution in [1.82, 2.24) is 10.6 Å². The fourth-order valence-corrected chi connectivity index (χ4v) is 3.37. The molecule has 8 nitrogen and oxygen atoms in total. The zero-order valence-corrected chi connectivity index (χ0v) is 20.8. The lowest BCUT2D eigenvalue weighted by atomic mass is 10.0. The summed E-state index contributed by atoms with van der Waals surface area (Å²) in [6, 6.07) is 21.4. The van der Waals surface area contributed by atoms with E-state index in [0.717, 1.165) is 22.3 Å². The molecule has 0 aromatic heterocycles. The molecule has 2 amide bonds. The second-order valence-electron chi connectivity index (χ2n) is 8.42. The van der Waals surface area contributed by atoms with E-state index in [9.17, 15) is 19.8 Å². The van der Waals surface area contributed by atoms with Crippen LogP contribution < -0.4 is 22.1 Å². The Morgan fingerprint density at radius 1 is 0.658 bits per heavy atom. The van der Waals surface area contributed by atoms with Gasteiger partial charge in [0.15, 0.2) is 0 Å². The van der Waals surface area contributed by atoms with Crippen molar-refractivity contribution in [2.75, 3.05) is 0 Å². The number of nitrogens with two attached hydrogens (primary N) is 2. The number of hydrogen-bond donors (Lipinski definition) is 6. The SMILES string of the molecule is NCc1ccc(CNC(=O)C#CC(O)c2cccc(C(O)C#CC(=O)NCc3ccc(CN)cc3)c2)cc1. The second-order valence-corrected chi connectivity index (χ2v) is 8.42. The molecule has 38 heavy (non-hydrogen) atoms. The van der Waals surface area contributed by atoms with Gasteiger partial charge in [0.1, 0.15) is 12.2 Å². The van der Waals surface area contributed by atoms with Crippen LogP contribution in [0.3, 0.4) is 0 Å². The number of benzene rings is 3. The standard InChI is InChI=1S/C30H30N4O4/c31-17-21-4-8-23(9-5-21)19-33-29(37)14-12-27(35)25-2-1-3-26(16-25)28(36)13-15-30(38)34-20-24-10-6-22(18-32)7-11-24/h1-11,16,27-28,35-36H,17-20,31-32H2,(H,33,37)(H,34,38). The van der Waals surface area contributed by atoms with E-state index in [0.29, 0.717) is 37.3 Å². The van der Waals surface area contributed by atoms with Crippen molar-refractivity contribution in [1.29, 1.82) is 0 Å². The molecule has 8 N–H and O–H groups in total. The highest BCUT2D eigenvalue weighted by molar-refractivity contribution is 5.94. The summed E-state index contributed by atoms with van der Waals surface area (Å²) in [5.41, 5.74) is 15.7. The monoisotopic (exact) mass is 510 g/mol. The van der Waals surface area contributed by atoms with Crippen LogP contribution in [0.4, 0.5) is 0 Å². The van der Waals surface area contributed by atoms with Crippen LogP contribution >= 0.6 is 0 Å². The first-order valence-electron chi connectivity index (χ1n) is 12.0. The molecular formula is C30H30N4O4. The summed E-state index contributed by atoms with van der Waals surface area (Å²) in [5.74, 6) is 8.68. The van der Waals surface area contributed by atoms with Crippen molar-refractivity contribution in [3.8, 4) is 23.7 Å². The van der Waals surface area contributed by atoms with Gasteiger partial charge < -0.3 is 32.3 Å². The van der Waals surface area contributed by atoms with Crippen LogP contribution in [-0.4, -0.2) is 22.0 Å². The number of carbonyl (C=O) groups excluding carboxylic acids is 2. The lowest BCUT2D eigenvalue weighted by Gasteiger charge is -2.09. The fraction of sp³-hybridized carbons (Fsp3) is 0.200. The van der Waals surface area contributed by atoms with E-state index in [1.165, 1.54) is 6.07 Å². The van der Waals surface area contributed by atoms with Gasteiger partial charge in [0.2, 0.25) is 0 Å². The van der Waals surface area contributed by atoms with Gasteiger partial charge in [-0.2, -0.15) is 0 Å². The van der Waals surface area contributed by atoms with Crippen LogP contribution in [0.5, 0.6) is 0 Å². The molecule has 0 saturated carbocycles. The van der Waals surface area contributed by atoms with Crippen LogP contribution in [0.2, 0.25) is 0 Å². The Morgan fingerprint density at radius 3 is 1.39 bits per heavy atom. The average Bonchev–Trinajstić information content (AvgIpc) is 2.97. The van der Waals surface area contributed by atoms with Gasteiger partial charge in [-0.3, -0.25) is 9.59 Å². The molecule has 0 saturated heterocycles. The zero-order valence-electron chi connectivity index (χ0n) is 20.8. The second kappa shape index (κ2) is 14.3. The average molecular weight is 511 g/mol. The van der Waals surface area contributed by atoms with E-state index in [1.807, 2.05) is 48.5 Å². The van der Waals surface area contributed by atoms with E-state index < -0.39 is 24.0 Å². The van der Waals surface area contributed by atoms with Gasteiger partial charge in [0.05, 0.1) is 0 Å². The fourth-order valence-electron chi connectivity index (χ4n) is 3.37. The maximum atomic E-state index is 12.1. The van der Waals surface area contributed by atoms with Gasteiger partial charge in [0.25, 0.3) is 11.8 Å².